The second kappa shape index (κ2) is 8.75. The zero-order chi connectivity index (χ0) is 23.0. The van der Waals surface area contributed by atoms with E-state index < -0.39 is 5.82 Å². The Bertz CT molecular complexity index is 1220. The van der Waals surface area contributed by atoms with E-state index in [1.165, 1.54) is 25.3 Å². The van der Waals surface area contributed by atoms with Crippen LogP contribution in [0.5, 0.6) is 0 Å². The van der Waals surface area contributed by atoms with E-state index in [0.29, 0.717) is 23.7 Å². The van der Waals surface area contributed by atoms with Crippen molar-refractivity contribution in [3.05, 3.63) is 92.8 Å². The number of fused-ring (bicyclic) bond motifs is 1. The largest absolute Gasteiger partial charge is 0.469 e. The molecule has 0 fully saturated rings. The van der Waals surface area contributed by atoms with E-state index in [4.69, 9.17) is 16.3 Å². The number of hydrogen-bond acceptors (Lipinski definition) is 3. The molecule has 164 valence electrons. The summed E-state index contributed by atoms with van der Waals surface area (Å²) in [4.78, 5) is 27.0. The summed E-state index contributed by atoms with van der Waals surface area (Å²) in [7, 11) is 1.37. The van der Waals surface area contributed by atoms with E-state index in [-0.39, 0.29) is 18.3 Å². The van der Waals surface area contributed by atoms with E-state index in [1.54, 1.807) is 11.0 Å². The third kappa shape index (κ3) is 4.00. The van der Waals surface area contributed by atoms with Crippen molar-refractivity contribution in [3.8, 4) is 11.1 Å². The molecule has 1 heterocycles. The van der Waals surface area contributed by atoms with E-state index in [1.807, 2.05) is 38.1 Å². The van der Waals surface area contributed by atoms with Crippen molar-refractivity contribution in [3.63, 3.8) is 0 Å². The third-order valence-electron chi connectivity index (χ3n) is 6.14. The Morgan fingerprint density at radius 3 is 2.31 bits per heavy atom. The van der Waals surface area contributed by atoms with Crippen molar-refractivity contribution < 1.29 is 18.7 Å². The van der Waals surface area contributed by atoms with Gasteiger partial charge in [-0.05, 0) is 83.1 Å². The molecule has 1 aliphatic rings. The van der Waals surface area contributed by atoms with Crippen molar-refractivity contribution in [2.24, 2.45) is 0 Å². The first-order valence-electron chi connectivity index (χ1n) is 10.3. The molecule has 4 rings (SSSR count). The number of halogens is 2. The maximum absolute atomic E-state index is 13.7. The monoisotopic (exact) mass is 451 g/mol. The molecule has 0 spiro atoms. The number of amides is 1. The molecular formula is C26H23ClFNO3. The van der Waals surface area contributed by atoms with Crippen LogP contribution >= 0.6 is 11.6 Å². The Hall–Kier alpha value is -3.18. The van der Waals surface area contributed by atoms with E-state index >= 15 is 0 Å². The van der Waals surface area contributed by atoms with Crippen LogP contribution in [0.4, 0.5) is 4.39 Å². The minimum atomic E-state index is -0.440. The highest BCUT2D eigenvalue weighted by Crippen LogP contribution is 2.40. The second-order valence-corrected chi connectivity index (χ2v) is 8.43. The zero-order valence-electron chi connectivity index (χ0n) is 18.2. The van der Waals surface area contributed by atoms with Gasteiger partial charge in [-0.25, -0.2) is 4.39 Å². The first-order chi connectivity index (χ1) is 15.3. The second-order valence-electron chi connectivity index (χ2n) is 7.99. The summed E-state index contributed by atoms with van der Waals surface area (Å²) in [6.07, 6.45) is 0.131. The van der Waals surface area contributed by atoms with E-state index in [9.17, 15) is 14.0 Å². The Morgan fingerprint density at radius 1 is 1.03 bits per heavy atom. The molecule has 1 amide bonds. The molecule has 0 saturated carbocycles. The number of nitrogens with zero attached hydrogens (tertiary/aromatic N) is 1. The lowest BCUT2D eigenvalue weighted by molar-refractivity contribution is -0.139. The number of esters is 1. The maximum Gasteiger partial charge on any atom is 0.310 e. The number of carbonyl (C=O) groups is 2. The highest BCUT2D eigenvalue weighted by Gasteiger charge is 2.31. The van der Waals surface area contributed by atoms with Gasteiger partial charge in [0, 0.05) is 23.7 Å². The van der Waals surface area contributed by atoms with Crippen LogP contribution in [0, 0.1) is 19.7 Å². The van der Waals surface area contributed by atoms with Gasteiger partial charge >= 0.3 is 5.97 Å². The molecule has 0 atom stereocenters. The molecule has 0 saturated heterocycles. The number of hydrogen-bond donors (Lipinski definition) is 0. The lowest BCUT2D eigenvalue weighted by atomic mass is 9.84. The van der Waals surface area contributed by atoms with Crippen molar-refractivity contribution >= 4 is 23.5 Å². The molecule has 3 aromatic rings. The summed E-state index contributed by atoms with van der Waals surface area (Å²) >= 11 is 6.09. The van der Waals surface area contributed by atoms with Crippen molar-refractivity contribution in [2.45, 2.75) is 33.4 Å². The summed E-state index contributed by atoms with van der Waals surface area (Å²) in [6.45, 7) is 4.83. The number of rotatable bonds is 4. The molecule has 0 aromatic heterocycles. The van der Waals surface area contributed by atoms with Gasteiger partial charge in [0.1, 0.15) is 5.82 Å². The Morgan fingerprint density at radius 2 is 1.69 bits per heavy atom. The van der Waals surface area contributed by atoms with Gasteiger partial charge in [-0.15, -0.1) is 0 Å². The minimum absolute atomic E-state index is 0.131. The van der Waals surface area contributed by atoms with Crippen LogP contribution in [0.15, 0.2) is 48.5 Å². The van der Waals surface area contributed by atoms with Crippen molar-refractivity contribution in [2.75, 3.05) is 7.11 Å². The molecule has 3 aromatic carbocycles. The highest BCUT2D eigenvalue weighted by atomic mass is 35.5. The molecule has 0 unspecified atom stereocenters. The van der Waals surface area contributed by atoms with Gasteiger partial charge in [0.05, 0.1) is 13.5 Å². The lowest BCUT2D eigenvalue weighted by Gasteiger charge is -2.20. The van der Waals surface area contributed by atoms with Gasteiger partial charge in [-0.2, -0.15) is 0 Å². The predicted molar refractivity (Wildman–Crippen MR) is 122 cm³/mol. The minimum Gasteiger partial charge on any atom is -0.469 e. The third-order valence-corrected chi connectivity index (χ3v) is 6.39. The first kappa shape index (κ1) is 22.0. The molecule has 4 nitrogen and oxygen atoms in total. The molecular weight excluding hydrogens is 429 g/mol. The summed E-state index contributed by atoms with van der Waals surface area (Å²) < 4.78 is 18.6. The average Bonchev–Trinajstić information content (AvgIpc) is 3.24. The molecule has 0 N–H and O–H groups in total. The van der Waals surface area contributed by atoms with Gasteiger partial charge in [0.2, 0.25) is 0 Å². The van der Waals surface area contributed by atoms with Crippen LogP contribution in [0.25, 0.3) is 11.1 Å². The van der Waals surface area contributed by atoms with Crippen LogP contribution < -0.4 is 0 Å². The lowest BCUT2D eigenvalue weighted by Crippen LogP contribution is -2.25. The van der Waals surface area contributed by atoms with E-state index in [2.05, 4.69) is 0 Å². The number of ether oxygens (including phenoxy) is 1. The van der Waals surface area contributed by atoms with Gasteiger partial charge < -0.3 is 9.64 Å². The predicted octanol–water partition coefficient (Wildman–Crippen LogP) is 5.63. The SMILES string of the molecule is COC(=O)Cc1c(C)c2c(c(C)c1-c1ccc(Cl)cc1)CN(C(=O)c1cccc(F)c1)C2. The summed E-state index contributed by atoms with van der Waals surface area (Å²) in [5, 5.41) is 0.630. The van der Waals surface area contributed by atoms with Crippen LogP contribution in [-0.2, 0) is 29.0 Å². The Kier molecular flexibility index (Phi) is 6.02. The van der Waals surface area contributed by atoms with Crippen LogP contribution in [0.3, 0.4) is 0 Å². The molecule has 0 aliphatic carbocycles. The molecule has 0 bridgehead atoms. The Labute approximate surface area is 191 Å². The quantitative estimate of drug-likeness (QED) is 0.482. The zero-order valence-corrected chi connectivity index (χ0v) is 18.9. The summed E-state index contributed by atoms with van der Waals surface area (Å²) in [5.41, 5.74) is 7.19. The fraction of sp³-hybridized carbons (Fsp3) is 0.231. The fourth-order valence-corrected chi connectivity index (χ4v) is 4.58. The number of carbonyl (C=O) groups excluding carboxylic acids is 2. The standard InChI is InChI=1S/C26H23ClFNO3/c1-15-21(12-24(30)32-3)25(17-7-9-19(27)10-8-17)16(2)23-14-29(13-22(15)23)26(31)18-5-4-6-20(28)11-18/h4-11H,12-14H2,1-3H3. The van der Waals surface area contributed by atoms with Crippen LogP contribution in [0.2, 0.25) is 5.02 Å². The van der Waals surface area contributed by atoms with Gasteiger partial charge in [-0.1, -0.05) is 29.8 Å². The van der Waals surface area contributed by atoms with Gasteiger partial charge in [0.15, 0.2) is 0 Å². The highest BCUT2D eigenvalue weighted by molar-refractivity contribution is 6.30. The van der Waals surface area contributed by atoms with Crippen LogP contribution in [-0.4, -0.2) is 23.9 Å². The average molecular weight is 452 g/mol. The van der Waals surface area contributed by atoms with Gasteiger partial charge in [0.25, 0.3) is 5.91 Å². The normalized spacial score (nSPS) is 12.6. The smallest absolute Gasteiger partial charge is 0.310 e. The Balaban J connectivity index is 1.81. The van der Waals surface area contributed by atoms with Crippen LogP contribution in [0.1, 0.15) is 38.2 Å². The molecule has 6 heteroatoms. The number of benzene rings is 3. The maximum atomic E-state index is 13.7. The number of methoxy groups -OCH3 is 1. The summed E-state index contributed by atoms with van der Waals surface area (Å²) in [6, 6.07) is 13.2. The topological polar surface area (TPSA) is 46.6 Å². The summed E-state index contributed by atoms with van der Waals surface area (Å²) in [5.74, 6) is -0.985. The van der Waals surface area contributed by atoms with Crippen molar-refractivity contribution in [1.82, 2.24) is 4.90 Å². The van der Waals surface area contributed by atoms with Crippen molar-refractivity contribution in [1.29, 1.82) is 0 Å². The van der Waals surface area contributed by atoms with Gasteiger partial charge in [-0.3, -0.25) is 9.59 Å². The molecule has 32 heavy (non-hydrogen) atoms. The van der Waals surface area contributed by atoms with E-state index in [0.717, 1.165) is 38.9 Å². The molecule has 1 aliphatic heterocycles. The first-order valence-corrected chi connectivity index (χ1v) is 10.7. The molecule has 0 radical (unpaired) electrons. The fourth-order valence-electron chi connectivity index (χ4n) is 4.46.